The summed E-state index contributed by atoms with van der Waals surface area (Å²) >= 11 is 3.58. The van der Waals surface area contributed by atoms with Crippen molar-refractivity contribution in [3.05, 3.63) is 34.3 Å². The maximum atomic E-state index is 5.69. The molecule has 1 unspecified atom stereocenters. The Hall–Kier alpha value is -0.420. The number of ether oxygens (including phenoxy) is 1. The molecule has 94 valence electrons. The summed E-state index contributed by atoms with van der Waals surface area (Å²) in [6.45, 7) is 1.77. The van der Waals surface area contributed by atoms with E-state index in [1.165, 1.54) is 5.56 Å². The number of nitrogens with one attached hydrogen (secondary N) is 1. The second-order valence-electron chi connectivity index (χ2n) is 4.53. The molecule has 3 nitrogen and oxygen atoms in total. The SMILES string of the molecule is NNC(CC1CCOCC1)c1ccccc1Br. The molecule has 0 saturated carbocycles. The van der Waals surface area contributed by atoms with E-state index in [-0.39, 0.29) is 6.04 Å². The van der Waals surface area contributed by atoms with Crippen LogP contribution in [-0.4, -0.2) is 13.2 Å². The number of halogens is 1. The second kappa shape index (κ2) is 6.50. The van der Waals surface area contributed by atoms with E-state index < -0.39 is 0 Å². The third-order valence-electron chi connectivity index (χ3n) is 3.39. The highest BCUT2D eigenvalue weighted by Gasteiger charge is 2.20. The van der Waals surface area contributed by atoms with Crippen LogP contribution in [-0.2, 0) is 4.74 Å². The zero-order valence-corrected chi connectivity index (χ0v) is 11.4. The quantitative estimate of drug-likeness (QED) is 0.664. The standard InChI is InChI=1S/C13H19BrN2O/c14-12-4-2-1-3-11(12)13(16-15)9-10-5-7-17-8-6-10/h1-4,10,13,16H,5-9,15H2. The minimum atomic E-state index is 0.216. The molecule has 1 aromatic carbocycles. The van der Waals surface area contributed by atoms with E-state index in [4.69, 9.17) is 10.6 Å². The fraction of sp³-hybridized carbons (Fsp3) is 0.538. The zero-order valence-electron chi connectivity index (χ0n) is 9.86. The van der Waals surface area contributed by atoms with Gasteiger partial charge in [-0.25, -0.2) is 0 Å². The van der Waals surface area contributed by atoms with Crippen LogP contribution in [0.2, 0.25) is 0 Å². The molecule has 0 amide bonds. The molecule has 0 aliphatic carbocycles. The van der Waals surface area contributed by atoms with Crippen molar-refractivity contribution < 1.29 is 4.74 Å². The largest absolute Gasteiger partial charge is 0.381 e. The molecule has 1 aliphatic heterocycles. The second-order valence-corrected chi connectivity index (χ2v) is 5.39. The van der Waals surface area contributed by atoms with Crippen LogP contribution in [0.3, 0.4) is 0 Å². The zero-order chi connectivity index (χ0) is 12.1. The maximum Gasteiger partial charge on any atom is 0.0473 e. The lowest BCUT2D eigenvalue weighted by Crippen LogP contribution is -2.31. The highest BCUT2D eigenvalue weighted by atomic mass is 79.9. The fourth-order valence-corrected chi connectivity index (χ4v) is 2.92. The summed E-state index contributed by atoms with van der Waals surface area (Å²) in [7, 11) is 0. The monoisotopic (exact) mass is 298 g/mol. The fourth-order valence-electron chi connectivity index (χ4n) is 2.36. The van der Waals surface area contributed by atoms with Crippen molar-refractivity contribution in [3.8, 4) is 0 Å². The van der Waals surface area contributed by atoms with E-state index >= 15 is 0 Å². The predicted molar refractivity (Wildman–Crippen MR) is 72.4 cm³/mol. The van der Waals surface area contributed by atoms with E-state index in [9.17, 15) is 0 Å². The van der Waals surface area contributed by atoms with Gasteiger partial charge in [0.15, 0.2) is 0 Å². The van der Waals surface area contributed by atoms with E-state index in [1.807, 2.05) is 6.07 Å². The van der Waals surface area contributed by atoms with Gasteiger partial charge in [-0.1, -0.05) is 34.1 Å². The molecule has 3 N–H and O–H groups in total. The van der Waals surface area contributed by atoms with Crippen LogP contribution in [0, 0.1) is 5.92 Å². The van der Waals surface area contributed by atoms with E-state index in [0.29, 0.717) is 5.92 Å². The summed E-state index contributed by atoms with van der Waals surface area (Å²) in [5.41, 5.74) is 4.17. The Morgan fingerprint density at radius 3 is 2.71 bits per heavy atom. The van der Waals surface area contributed by atoms with Gasteiger partial charge in [0.05, 0.1) is 0 Å². The molecule has 1 aliphatic rings. The van der Waals surface area contributed by atoms with Crippen LogP contribution in [0.25, 0.3) is 0 Å². The number of nitrogens with two attached hydrogens (primary N) is 1. The highest BCUT2D eigenvalue weighted by molar-refractivity contribution is 9.10. The van der Waals surface area contributed by atoms with E-state index in [0.717, 1.165) is 36.9 Å². The number of rotatable bonds is 4. The predicted octanol–water partition coefficient (Wildman–Crippen LogP) is 2.77. The van der Waals surface area contributed by atoms with Gasteiger partial charge >= 0.3 is 0 Å². The lowest BCUT2D eigenvalue weighted by Gasteiger charge is -2.27. The number of hydrazine groups is 1. The molecule has 1 saturated heterocycles. The number of hydrogen-bond acceptors (Lipinski definition) is 3. The third kappa shape index (κ3) is 3.52. The Morgan fingerprint density at radius 2 is 2.06 bits per heavy atom. The number of benzene rings is 1. The first-order valence-electron chi connectivity index (χ1n) is 6.09. The molecular formula is C13H19BrN2O. The first-order chi connectivity index (χ1) is 8.31. The molecule has 1 heterocycles. The average molecular weight is 299 g/mol. The molecule has 17 heavy (non-hydrogen) atoms. The van der Waals surface area contributed by atoms with Gasteiger partial charge < -0.3 is 4.74 Å². The molecular weight excluding hydrogens is 280 g/mol. The molecule has 4 heteroatoms. The van der Waals surface area contributed by atoms with Gasteiger partial charge in [-0.3, -0.25) is 11.3 Å². The van der Waals surface area contributed by atoms with Crippen molar-refractivity contribution >= 4 is 15.9 Å². The van der Waals surface area contributed by atoms with Gasteiger partial charge in [0.25, 0.3) is 0 Å². The van der Waals surface area contributed by atoms with Crippen LogP contribution in [0.15, 0.2) is 28.7 Å². The normalized spacial score (nSPS) is 19.2. The molecule has 0 spiro atoms. The first kappa shape index (κ1) is 13.0. The van der Waals surface area contributed by atoms with Crippen LogP contribution >= 0.6 is 15.9 Å². The van der Waals surface area contributed by atoms with Gasteiger partial charge in [0.1, 0.15) is 0 Å². The van der Waals surface area contributed by atoms with Crippen molar-refractivity contribution in [2.45, 2.75) is 25.3 Å². The Kier molecular flexibility index (Phi) is 4.98. The summed E-state index contributed by atoms with van der Waals surface area (Å²) in [5, 5.41) is 0. The van der Waals surface area contributed by atoms with Crippen molar-refractivity contribution in [2.24, 2.45) is 11.8 Å². The van der Waals surface area contributed by atoms with Crippen LogP contribution < -0.4 is 11.3 Å². The Bertz CT molecular complexity index is 353. The molecule has 0 aromatic heterocycles. The van der Waals surface area contributed by atoms with Gasteiger partial charge in [-0.05, 0) is 36.8 Å². The third-order valence-corrected chi connectivity index (χ3v) is 4.11. The van der Waals surface area contributed by atoms with E-state index in [2.05, 4.69) is 39.6 Å². The Labute approximate surface area is 111 Å². The smallest absolute Gasteiger partial charge is 0.0473 e. The molecule has 2 rings (SSSR count). The van der Waals surface area contributed by atoms with Crippen molar-refractivity contribution in [1.82, 2.24) is 5.43 Å². The summed E-state index contributed by atoms with van der Waals surface area (Å²) in [5.74, 6) is 6.39. The lowest BCUT2D eigenvalue weighted by molar-refractivity contribution is 0.0605. The minimum absolute atomic E-state index is 0.216. The molecule has 0 bridgehead atoms. The summed E-state index contributed by atoms with van der Waals surface area (Å²) in [4.78, 5) is 0. The first-order valence-corrected chi connectivity index (χ1v) is 6.89. The van der Waals surface area contributed by atoms with Gasteiger partial charge in [0, 0.05) is 23.7 Å². The topological polar surface area (TPSA) is 47.3 Å². The van der Waals surface area contributed by atoms with Gasteiger partial charge in [-0.2, -0.15) is 0 Å². The molecule has 0 radical (unpaired) electrons. The number of hydrogen-bond donors (Lipinski definition) is 2. The van der Waals surface area contributed by atoms with Crippen molar-refractivity contribution in [1.29, 1.82) is 0 Å². The van der Waals surface area contributed by atoms with Crippen molar-refractivity contribution in [2.75, 3.05) is 13.2 Å². The molecule has 1 aromatic rings. The van der Waals surface area contributed by atoms with Gasteiger partial charge in [-0.15, -0.1) is 0 Å². The van der Waals surface area contributed by atoms with Crippen LogP contribution in [0.5, 0.6) is 0 Å². The maximum absolute atomic E-state index is 5.69. The van der Waals surface area contributed by atoms with E-state index in [1.54, 1.807) is 0 Å². The Balaban J connectivity index is 2.03. The van der Waals surface area contributed by atoms with Crippen LogP contribution in [0.4, 0.5) is 0 Å². The summed E-state index contributed by atoms with van der Waals surface area (Å²) < 4.78 is 6.50. The minimum Gasteiger partial charge on any atom is -0.381 e. The highest BCUT2D eigenvalue weighted by Crippen LogP contribution is 2.30. The summed E-state index contributed by atoms with van der Waals surface area (Å²) in [6, 6.07) is 8.47. The Morgan fingerprint density at radius 1 is 1.35 bits per heavy atom. The van der Waals surface area contributed by atoms with Crippen molar-refractivity contribution in [3.63, 3.8) is 0 Å². The lowest BCUT2D eigenvalue weighted by atomic mass is 9.90. The average Bonchev–Trinajstić information content (AvgIpc) is 2.38. The summed E-state index contributed by atoms with van der Waals surface area (Å²) in [6.07, 6.45) is 3.35. The molecule has 1 atom stereocenters. The molecule has 1 fully saturated rings. The van der Waals surface area contributed by atoms with Gasteiger partial charge in [0.2, 0.25) is 0 Å². The van der Waals surface area contributed by atoms with Crippen LogP contribution in [0.1, 0.15) is 30.9 Å².